The number of benzene rings is 1. The number of sulfone groups is 1. The molecule has 2 rings (SSSR count). The number of hydrogen-bond acceptors (Lipinski definition) is 4. The van der Waals surface area contributed by atoms with Crippen molar-refractivity contribution >= 4 is 24.0 Å². The maximum absolute atomic E-state index is 13.3. The fourth-order valence-electron chi connectivity index (χ4n) is 3.60. The van der Waals surface area contributed by atoms with Crippen LogP contribution in [-0.2, 0) is 14.6 Å². The van der Waals surface area contributed by atoms with Gasteiger partial charge in [-0.15, -0.1) is 0 Å². The maximum Gasteiger partial charge on any atom is 0.410 e. The number of carbonyl (C=O) groups excluding carboxylic acids is 1. The molecule has 0 saturated carbocycles. The molecular formula is C22H35NO4SSi. The van der Waals surface area contributed by atoms with Crippen LogP contribution in [0.5, 0.6) is 0 Å². The van der Waals surface area contributed by atoms with Crippen LogP contribution in [0, 0.1) is 0 Å². The predicted octanol–water partition coefficient (Wildman–Crippen LogP) is 5.40. The summed E-state index contributed by atoms with van der Waals surface area (Å²) in [7, 11) is -5.68. The second-order valence-corrected chi connectivity index (χ2v) is 17.0. The first-order valence-electron chi connectivity index (χ1n) is 10.3. The molecule has 0 aromatic heterocycles. The number of carbonyl (C=O) groups is 1. The average molecular weight is 438 g/mol. The van der Waals surface area contributed by atoms with Crippen molar-refractivity contribution in [2.45, 2.75) is 82.6 Å². The molecule has 0 radical (unpaired) electrons. The largest absolute Gasteiger partial charge is 0.444 e. The Hall–Kier alpha value is -1.60. The average Bonchev–Trinajstić information content (AvgIpc) is 2.60. The summed E-state index contributed by atoms with van der Waals surface area (Å²) in [6.07, 6.45) is 4.94. The van der Waals surface area contributed by atoms with Gasteiger partial charge in [-0.25, -0.2) is 13.2 Å². The monoisotopic (exact) mass is 437 g/mol. The van der Waals surface area contributed by atoms with Crippen molar-refractivity contribution in [3.63, 3.8) is 0 Å². The Morgan fingerprint density at radius 2 is 1.79 bits per heavy atom. The maximum atomic E-state index is 13.3. The van der Waals surface area contributed by atoms with E-state index in [0.29, 0.717) is 22.4 Å². The van der Waals surface area contributed by atoms with Gasteiger partial charge in [0.2, 0.25) is 0 Å². The normalized spacial score (nSPS) is 19.2. The van der Waals surface area contributed by atoms with E-state index in [-0.39, 0.29) is 12.1 Å². The molecular weight excluding hydrogens is 402 g/mol. The molecule has 1 fully saturated rings. The molecule has 1 aliphatic heterocycles. The first kappa shape index (κ1) is 23.7. The van der Waals surface area contributed by atoms with Crippen molar-refractivity contribution in [3.05, 3.63) is 40.9 Å². The fraction of sp³-hybridized carbons (Fsp3) is 0.591. The Balaban J connectivity index is 2.31. The zero-order valence-electron chi connectivity index (χ0n) is 18.6. The lowest BCUT2D eigenvalue weighted by Gasteiger charge is -2.36. The lowest BCUT2D eigenvalue weighted by Crippen LogP contribution is -2.46. The van der Waals surface area contributed by atoms with Gasteiger partial charge in [0.1, 0.15) is 5.60 Å². The van der Waals surface area contributed by atoms with Crippen LogP contribution in [0.2, 0.25) is 19.6 Å². The summed E-state index contributed by atoms with van der Waals surface area (Å²) in [6.45, 7) is 12.4. The summed E-state index contributed by atoms with van der Waals surface area (Å²) < 4.78 is 32.7. The van der Waals surface area contributed by atoms with Crippen LogP contribution in [-0.4, -0.2) is 45.7 Å². The molecule has 0 aliphatic carbocycles. The highest BCUT2D eigenvalue weighted by atomic mass is 32.2. The van der Waals surface area contributed by atoms with E-state index < -0.39 is 23.5 Å². The summed E-state index contributed by atoms with van der Waals surface area (Å²) in [5.41, 5.74) is -0.547. The molecule has 1 saturated heterocycles. The van der Waals surface area contributed by atoms with Crippen molar-refractivity contribution in [3.8, 4) is 0 Å². The molecule has 1 amide bonds. The van der Waals surface area contributed by atoms with Gasteiger partial charge < -0.3 is 9.64 Å². The molecule has 0 spiro atoms. The van der Waals surface area contributed by atoms with Gasteiger partial charge in [-0.3, -0.25) is 0 Å². The first-order valence-corrected chi connectivity index (χ1v) is 15.3. The van der Waals surface area contributed by atoms with Crippen molar-refractivity contribution in [2.24, 2.45) is 0 Å². The van der Waals surface area contributed by atoms with Gasteiger partial charge in [-0.2, -0.15) is 0 Å². The van der Waals surface area contributed by atoms with Crippen molar-refractivity contribution < 1.29 is 17.9 Å². The standard InChI is InChI=1S/C22H35NO4SSi/c1-22(2,3)27-21(24)23-17-11-10-12-18(23)15-16-20(29(4,5)6)28(25,26)19-13-8-7-9-14-19/h7-9,13-14,16,18H,10-12,15,17H2,1-6H3/b20-16+. The van der Waals surface area contributed by atoms with Gasteiger partial charge in [0.05, 0.1) is 13.0 Å². The lowest BCUT2D eigenvalue weighted by molar-refractivity contribution is 0.0102. The van der Waals surface area contributed by atoms with Crippen LogP contribution < -0.4 is 0 Å². The van der Waals surface area contributed by atoms with Gasteiger partial charge in [0.25, 0.3) is 0 Å². The second-order valence-electron chi connectivity index (χ2n) is 9.69. The Bertz CT molecular complexity index is 836. The first-order chi connectivity index (χ1) is 13.3. The third-order valence-corrected chi connectivity index (χ3v) is 10.9. The Labute approximate surface area is 177 Å². The zero-order chi connectivity index (χ0) is 21.9. The van der Waals surface area contributed by atoms with E-state index in [1.165, 1.54) is 0 Å². The number of ether oxygens (including phenoxy) is 1. The van der Waals surface area contributed by atoms with Gasteiger partial charge in [-0.1, -0.05) is 43.9 Å². The molecule has 1 aliphatic rings. The second kappa shape index (κ2) is 9.04. The Morgan fingerprint density at radius 3 is 2.34 bits per heavy atom. The highest BCUT2D eigenvalue weighted by Crippen LogP contribution is 2.30. The van der Waals surface area contributed by atoms with E-state index in [4.69, 9.17) is 4.74 Å². The highest BCUT2D eigenvalue weighted by molar-refractivity contribution is 7.97. The lowest BCUT2D eigenvalue weighted by atomic mass is 10.00. The minimum atomic E-state index is -3.54. The van der Waals surface area contributed by atoms with Gasteiger partial charge >= 0.3 is 6.09 Å². The Morgan fingerprint density at radius 1 is 1.17 bits per heavy atom. The minimum Gasteiger partial charge on any atom is -0.444 e. The van der Waals surface area contributed by atoms with Crippen molar-refractivity contribution in [2.75, 3.05) is 6.54 Å². The number of amides is 1. The van der Waals surface area contributed by atoms with E-state index >= 15 is 0 Å². The highest BCUT2D eigenvalue weighted by Gasteiger charge is 2.34. The van der Waals surface area contributed by atoms with Crippen LogP contribution in [0.25, 0.3) is 0 Å². The molecule has 0 bridgehead atoms. The van der Waals surface area contributed by atoms with E-state index in [2.05, 4.69) is 0 Å². The topological polar surface area (TPSA) is 63.7 Å². The predicted molar refractivity (Wildman–Crippen MR) is 120 cm³/mol. The molecule has 29 heavy (non-hydrogen) atoms. The van der Waals surface area contributed by atoms with Crippen molar-refractivity contribution in [1.82, 2.24) is 4.90 Å². The van der Waals surface area contributed by atoms with E-state index in [1.54, 1.807) is 29.2 Å². The SMILES string of the molecule is CC(C)(C)OC(=O)N1CCCCC1C/C=C(/[Si](C)(C)C)S(=O)(=O)c1ccccc1. The quantitative estimate of drug-likeness (QED) is 0.579. The van der Waals surface area contributed by atoms with Gasteiger partial charge in [0.15, 0.2) is 9.84 Å². The molecule has 0 N–H and O–H groups in total. The molecule has 7 heteroatoms. The molecule has 162 valence electrons. The summed E-state index contributed by atoms with van der Waals surface area (Å²) in [4.78, 5) is 14.8. The van der Waals surface area contributed by atoms with Crippen LogP contribution in [0.3, 0.4) is 0 Å². The van der Waals surface area contributed by atoms with Gasteiger partial charge in [0, 0.05) is 17.1 Å². The number of nitrogens with zero attached hydrogens (tertiary/aromatic N) is 1. The van der Waals surface area contributed by atoms with Crippen LogP contribution in [0.1, 0.15) is 46.5 Å². The van der Waals surface area contributed by atoms with Crippen LogP contribution in [0.4, 0.5) is 4.79 Å². The minimum absolute atomic E-state index is 0.0316. The van der Waals surface area contributed by atoms with E-state index in [0.717, 1.165) is 19.3 Å². The summed E-state index contributed by atoms with van der Waals surface area (Å²) >= 11 is 0. The van der Waals surface area contributed by atoms with Crippen molar-refractivity contribution in [1.29, 1.82) is 0 Å². The number of piperidine rings is 1. The zero-order valence-corrected chi connectivity index (χ0v) is 20.4. The van der Waals surface area contributed by atoms with Crippen LogP contribution in [0.15, 0.2) is 45.8 Å². The molecule has 1 unspecified atom stereocenters. The Kier molecular flexibility index (Phi) is 7.38. The summed E-state index contributed by atoms with van der Waals surface area (Å²) in [5, 5.41) is 0. The number of likely N-dealkylation sites (tertiary alicyclic amines) is 1. The summed E-state index contributed by atoms with van der Waals surface area (Å²) in [6, 6.07) is 8.59. The molecule has 5 nitrogen and oxygen atoms in total. The van der Waals surface area contributed by atoms with E-state index in [1.807, 2.05) is 52.6 Å². The third-order valence-electron chi connectivity index (χ3n) is 4.91. The smallest absolute Gasteiger partial charge is 0.410 e. The fourth-order valence-corrected chi connectivity index (χ4v) is 8.99. The number of hydrogen-bond donors (Lipinski definition) is 0. The van der Waals surface area contributed by atoms with Crippen LogP contribution >= 0.6 is 0 Å². The summed E-state index contributed by atoms with van der Waals surface area (Å²) in [5.74, 6) is 0. The molecule has 1 heterocycles. The third kappa shape index (κ3) is 6.44. The van der Waals surface area contributed by atoms with E-state index in [9.17, 15) is 13.2 Å². The van der Waals surface area contributed by atoms with Gasteiger partial charge in [-0.05, 0) is 58.6 Å². The molecule has 1 atom stereocenters. The molecule has 1 aromatic carbocycles. The number of rotatable bonds is 5. The molecule has 1 aromatic rings.